The zero-order valence-corrected chi connectivity index (χ0v) is 11.7. The van der Waals surface area contributed by atoms with E-state index in [2.05, 4.69) is 31.2 Å². The Bertz CT molecular complexity index is 594. The number of nitrogens with one attached hydrogen (secondary N) is 1. The molecule has 0 saturated carbocycles. The molecule has 0 spiro atoms. The van der Waals surface area contributed by atoms with E-state index < -0.39 is 0 Å². The number of aryl methyl sites for hydroxylation is 1. The van der Waals surface area contributed by atoms with Crippen LogP contribution in [-0.2, 0) is 5.41 Å². The molecule has 0 bridgehead atoms. The second-order valence-corrected chi connectivity index (χ2v) is 5.60. The van der Waals surface area contributed by atoms with Gasteiger partial charge in [0.2, 0.25) is 0 Å². The van der Waals surface area contributed by atoms with Gasteiger partial charge in [-0.05, 0) is 24.0 Å². The summed E-state index contributed by atoms with van der Waals surface area (Å²) < 4.78 is 4.79. The maximum absolute atomic E-state index is 12.1. The zero-order chi connectivity index (χ0) is 14.0. The minimum absolute atomic E-state index is 0.0389. The molecule has 1 aromatic heterocycles. The van der Waals surface area contributed by atoms with E-state index in [9.17, 15) is 4.79 Å². The molecule has 4 nitrogen and oxygen atoms in total. The number of rotatable bonds is 2. The summed E-state index contributed by atoms with van der Waals surface area (Å²) in [6, 6.07) is 7.79. The molecule has 0 aliphatic rings. The molecule has 0 radical (unpaired) electrons. The molecule has 4 heteroatoms. The van der Waals surface area contributed by atoms with Crippen LogP contribution in [0.15, 0.2) is 35.1 Å². The Kier molecular flexibility index (Phi) is 3.42. The van der Waals surface area contributed by atoms with Crippen molar-refractivity contribution < 1.29 is 9.32 Å². The van der Waals surface area contributed by atoms with E-state index in [1.807, 2.05) is 24.3 Å². The van der Waals surface area contributed by atoms with Gasteiger partial charge in [0.25, 0.3) is 5.91 Å². The summed E-state index contributed by atoms with van der Waals surface area (Å²) in [6.07, 6.45) is 1.46. The van der Waals surface area contributed by atoms with E-state index in [4.69, 9.17) is 4.52 Å². The summed E-state index contributed by atoms with van der Waals surface area (Å²) in [5, 5.41) is 6.62. The largest absolute Gasteiger partial charge is 0.364 e. The minimum atomic E-state index is -0.247. The number of carbonyl (C=O) groups is 1. The lowest BCUT2D eigenvalue weighted by atomic mass is 9.86. The van der Waals surface area contributed by atoms with Crippen molar-refractivity contribution in [2.75, 3.05) is 5.32 Å². The molecule has 1 aromatic carbocycles. The Morgan fingerprint density at radius 3 is 2.53 bits per heavy atom. The topological polar surface area (TPSA) is 55.1 Å². The molecule has 0 unspecified atom stereocenters. The van der Waals surface area contributed by atoms with Gasteiger partial charge in [-0.2, -0.15) is 0 Å². The molecule has 0 fully saturated rings. The highest BCUT2D eigenvalue weighted by molar-refractivity contribution is 6.04. The number of anilines is 1. The molecule has 0 atom stereocenters. The lowest BCUT2D eigenvalue weighted by molar-refractivity contribution is 0.101. The highest BCUT2D eigenvalue weighted by Crippen LogP contribution is 2.29. The molecule has 0 aliphatic carbocycles. The first-order chi connectivity index (χ1) is 8.89. The van der Waals surface area contributed by atoms with Crippen molar-refractivity contribution in [1.29, 1.82) is 0 Å². The number of benzene rings is 1. The number of hydrogen-bond acceptors (Lipinski definition) is 3. The second kappa shape index (κ2) is 4.88. The summed E-state index contributed by atoms with van der Waals surface area (Å²) in [4.78, 5) is 12.1. The second-order valence-electron chi connectivity index (χ2n) is 5.60. The van der Waals surface area contributed by atoms with Crippen LogP contribution in [0.5, 0.6) is 0 Å². The molecular formula is C15H18N2O2. The molecule has 1 amide bonds. The molecule has 0 aliphatic heterocycles. The van der Waals surface area contributed by atoms with Crippen molar-refractivity contribution in [3.63, 3.8) is 0 Å². The van der Waals surface area contributed by atoms with E-state index in [0.29, 0.717) is 5.69 Å². The monoisotopic (exact) mass is 258 g/mol. The number of aromatic nitrogens is 1. The minimum Gasteiger partial charge on any atom is -0.364 e. The van der Waals surface area contributed by atoms with Crippen LogP contribution in [0.25, 0.3) is 0 Å². The summed E-state index contributed by atoms with van der Waals surface area (Å²) in [5.74, 6) is -0.247. The average Bonchev–Trinajstić information content (AvgIpc) is 2.75. The Morgan fingerprint density at radius 1 is 1.26 bits per heavy atom. The van der Waals surface area contributed by atoms with Crippen LogP contribution in [0.4, 0.5) is 5.69 Å². The first-order valence-corrected chi connectivity index (χ1v) is 6.21. The van der Waals surface area contributed by atoms with Crippen molar-refractivity contribution >= 4 is 11.6 Å². The third kappa shape index (κ3) is 2.84. The van der Waals surface area contributed by atoms with Crippen LogP contribution >= 0.6 is 0 Å². The SMILES string of the molecule is Cc1conc1C(=O)Nc1ccccc1C(C)(C)C. The fourth-order valence-electron chi connectivity index (χ4n) is 1.93. The van der Waals surface area contributed by atoms with Gasteiger partial charge >= 0.3 is 0 Å². The molecule has 19 heavy (non-hydrogen) atoms. The number of para-hydroxylation sites is 1. The zero-order valence-electron chi connectivity index (χ0n) is 11.7. The van der Waals surface area contributed by atoms with Gasteiger partial charge in [0.1, 0.15) is 6.26 Å². The quantitative estimate of drug-likeness (QED) is 0.896. The van der Waals surface area contributed by atoms with Gasteiger partial charge < -0.3 is 9.84 Å². The lowest BCUT2D eigenvalue weighted by Crippen LogP contribution is -2.19. The number of hydrogen-bond donors (Lipinski definition) is 1. The van der Waals surface area contributed by atoms with Gasteiger partial charge in [-0.15, -0.1) is 0 Å². The van der Waals surface area contributed by atoms with Crippen LogP contribution in [0.3, 0.4) is 0 Å². The van der Waals surface area contributed by atoms with Gasteiger partial charge in [0.15, 0.2) is 5.69 Å². The van der Waals surface area contributed by atoms with Crippen molar-refractivity contribution in [3.8, 4) is 0 Å². The Morgan fingerprint density at radius 2 is 1.95 bits per heavy atom. The maximum atomic E-state index is 12.1. The first kappa shape index (κ1) is 13.3. The molecule has 1 N–H and O–H groups in total. The number of carbonyl (C=O) groups excluding carboxylic acids is 1. The van der Waals surface area contributed by atoms with Gasteiger partial charge in [0.05, 0.1) is 0 Å². The molecule has 0 saturated heterocycles. The van der Waals surface area contributed by atoms with Gasteiger partial charge in [-0.25, -0.2) is 0 Å². The van der Waals surface area contributed by atoms with Crippen molar-refractivity contribution in [2.45, 2.75) is 33.1 Å². The van der Waals surface area contributed by atoms with E-state index in [-0.39, 0.29) is 11.3 Å². The van der Waals surface area contributed by atoms with E-state index >= 15 is 0 Å². The summed E-state index contributed by atoms with van der Waals surface area (Å²) >= 11 is 0. The average molecular weight is 258 g/mol. The molecule has 2 aromatic rings. The Hall–Kier alpha value is -2.10. The summed E-state index contributed by atoms with van der Waals surface area (Å²) in [5.41, 5.74) is 2.91. The molecule has 100 valence electrons. The standard InChI is InChI=1S/C15H18N2O2/c1-10-9-19-17-13(10)14(18)16-12-8-6-5-7-11(12)15(2,3)4/h5-9H,1-4H3,(H,16,18). The fraction of sp³-hybridized carbons (Fsp3) is 0.333. The highest BCUT2D eigenvalue weighted by atomic mass is 16.5. The lowest BCUT2D eigenvalue weighted by Gasteiger charge is -2.22. The smallest absolute Gasteiger partial charge is 0.278 e. The van der Waals surface area contributed by atoms with E-state index in [1.54, 1.807) is 6.92 Å². The first-order valence-electron chi connectivity index (χ1n) is 6.21. The van der Waals surface area contributed by atoms with Gasteiger partial charge in [0, 0.05) is 11.3 Å². The fourth-order valence-corrected chi connectivity index (χ4v) is 1.93. The molecule has 2 rings (SSSR count). The van der Waals surface area contributed by atoms with Crippen LogP contribution in [0.2, 0.25) is 0 Å². The Balaban J connectivity index is 2.30. The van der Waals surface area contributed by atoms with E-state index in [0.717, 1.165) is 16.8 Å². The van der Waals surface area contributed by atoms with Gasteiger partial charge in [-0.3, -0.25) is 4.79 Å². The molecular weight excluding hydrogens is 240 g/mol. The number of nitrogens with zero attached hydrogens (tertiary/aromatic N) is 1. The van der Waals surface area contributed by atoms with Crippen LogP contribution in [-0.4, -0.2) is 11.1 Å². The van der Waals surface area contributed by atoms with Crippen LogP contribution < -0.4 is 5.32 Å². The van der Waals surface area contributed by atoms with Crippen LogP contribution in [0.1, 0.15) is 42.4 Å². The van der Waals surface area contributed by atoms with Gasteiger partial charge in [-0.1, -0.05) is 44.1 Å². The van der Waals surface area contributed by atoms with Crippen molar-refractivity contribution in [1.82, 2.24) is 5.16 Å². The third-order valence-electron chi connectivity index (χ3n) is 2.95. The predicted octanol–water partition coefficient (Wildman–Crippen LogP) is 3.53. The van der Waals surface area contributed by atoms with Crippen molar-refractivity contribution in [3.05, 3.63) is 47.3 Å². The molecule has 1 heterocycles. The Labute approximate surface area is 112 Å². The van der Waals surface area contributed by atoms with E-state index in [1.165, 1.54) is 6.26 Å². The maximum Gasteiger partial charge on any atom is 0.278 e. The third-order valence-corrected chi connectivity index (χ3v) is 2.95. The summed E-state index contributed by atoms with van der Waals surface area (Å²) in [6.45, 7) is 8.12. The highest BCUT2D eigenvalue weighted by Gasteiger charge is 2.20. The number of amides is 1. The van der Waals surface area contributed by atoms with Crippen molar-refractivity contribution in [2.24, 2.45) is 0 Å². The normalized spacial score (nSPS) is 11.4. The van der Waals surface area contributed by atoms with Crippen LogP contribution in [0, 0.1) is 6.92 Å². The predicted molar refractivity (Wildman–Crippen MR) is 74.3 cm³/mol. The summed E-state index contributed by atoms with van der Waals surface area (Å²) in [7, 11) is 0.